The summed E-state index contributed by atoms with van der Waals surface area (Å²) in [6.45, 7) is 1.81. The van der Waals surface area contributed by atoms with E-state index in [9.17, 15) is 13.2 Å². The molecule has 1 aliphatic rings. The molecule has 0 bridgehead atoms. The Bertz CT molecular complexity index is 911. The maximum atomic E-state index is 12.3. The number of methoxy groups -OCH3 is 1. The van der Waals surface area contributed by atoms with Crippen molar-refractivity contribution in [2.24, 2.45) is 0 Å². The first-order valence-electron chi connectivity index (χ1n) is 8.86. The van der Waals surface area contributed by atoms with Crippen LogP contribution in [0.4, 0.5) is 5.69 Å². The molecule has 7 nitrogen and oxygen atoms in total. The van der Waals surface area contributed by atoms with Gasteiger partial charge in [-0.3, -0.25) is 15.6 Å². The first kappa shape index (κ1) is 20.5. The fourth-order valence-corrected chi connectivity index (χ4v) is 4.53. The van der Waals surface area contributed by atoms with E-state index in [1.54, 1.807) is 19.2 Å². The maximum Gasteiger partial charge on any atom is 0.251 e. The summed E-state index contributed by atoms with van der Waals surface area (Å²) in [5.41, 5.74) is 6.05. The SMILES string of the molecule is COc1ccc(SC(C)C(=O)NNc2ccc(S(=O)(=O)NC3CC3)cc2)cc1. The summed E-state index contributed by atoms with van der Waals surface area (Å²) >= 11 is 1.43. The van der Waals surface area contributed by atoms with Crippen molar-refractivity contribution in [3.8, 4) is 5.75 Å². The Morgan fingerprint density at radius 1 is 1.11 bits per heavy atom. The van der Waals surface area contributed by atoms with Gasteiger partial charge < -0.3 is 4.74 Å². The third-order valence-electron chi connectivity index (χ3n) is 4.14. The molecule has 1 amide bonds. The van der Waals surface area contributed by atoms with E-state index in [-0.39, 0.29) is 22.1 Å². The summed E-state index contributed by atoms with van der Waals surface area (Å²) in [6.07, 6.45) is 1.77. The molecule has 9 heteroatoms. The number of rotatable bonds is 9. The highest BCUT2D eigenvalue weighted by Gasteiger charge is 2.27. The largest absolute Gasteiger partial charge is 0.497 e. The highest BCUT2D eigenvalue weighted by Crippen LogP contribution is 2.25. The molecule has 28 heavy (non-hydrogen) atoms. The van der Waals surface area contributed by atoms with Gasteiger partial charge in [-0.05, 0) is 68.3 Å². The van der Waals surface area contributed by atoms with Crippen LogP contribution in [0.3, 0.4) is 0 Å². The van der Waals surface area contributed by atoms with Gasteiger partial charge in [0, 0.05) is 10.9 Å². The molecule has 1 unspecified atom stereocenters. The van der Waals surface area contributed by atoms with Crippen LogP contribution in [0, 0.1) is 0 Å². The monoisotopic (exact) mass is 421 g/mol. The molecule has 2 aromatic rings. The van der Waals surface area contributed by atoms with Crippen LogP contribution in [0.25, 0.3) is 0 Å². The van der Waals surface area contributed by atoms with E-state index < -0.39 is 10.0 Å². The minimum atomic E-state index is -3.48. The van der Waals surface area contributed by atoms with E-state index in [2.05, 4.69) is 15.6 Å². The highest BCUT2D eigenvalue weighted by atomic mass is 32.2. The molecule has 1 aliphatic carbocycles. The van der Waals surface area contributed by atoms with Crippen molar-refractivity contribution in [2.75, 3.05) is 12.5 Å². The van der Waals surface area contributed by atoms with Crippen molar-refractivity contribution in [1.29, 1.82) is 0 Å². The molecule has 3 N–H and O–H groups in total. The summed E-state index contributed by atoms with van der Waals surface area (Å²) in [6, 6.07) is 13.8. The number of thioether (sulfide) groups is 1. The van der Waals surface area contributed by atoms with E-state index in [0.717, 1.165) is 23.5 Å². The van der Waals surface area contributed by atoms with Crippen LogP contribution >= 0.6 is 11.8 Å². The van der Waals surface area contributed by atoms with Gasteiger partial charge in [-0.25, -0.2) is 13.1 Å². The van der Waals surface area contributed by atoms with E-state index in [1.807, 2.05) is 31.2 Å². The minimum absolute atomic E-state index is 0.0618. The normalized spacial score (nSPS) is 14.9. The molecular weight excluding hydrogens is 398 g/mol. The Morgan fingerprint density at radius 2 is 1.75 bits per heavy atom. The topological polar surface area (TPSA) is 96.5 Å². The van der Waals surface area contributed by atoms with Crippen LogP contribution in [0.1, 0.15) is 19.8 Å². The zero-order valence-electron chi connectivity index (χ0n) is 15.6. The molecule has 1 fully saturated rings. The number of ether oxygens (including phenoxy) is 1. The molecule has 0 aromatic heterocycles. The number of nitrogens with one attached hydrogen (secondary N) is 3. The van der Waals surface area contributed by atoms with Crippen molar-refractivity contribution < 1.29 is 17.9 Å². The smallest absolute Gasteiger partial charge is 0.251 e. The van der Waals surface area contributed by atoms with Crippen LogP contribution in [0.2, 0.25) is 0 Å². The van der Waals surface area contributed by atoms with Gasteiger partial charge in [-0.2, -0.15) is 0 Å². The lowest BCUT2D eigenvalue weighted by atomic mass is 10.3. The lowest BCUT2D eigenvalue weighted by Crippen LogP contribution is -2.35. The minimum Gasteiger partial charge on any atom is -0.497 e. The molecule has 0 heterocycles. The van der Waals surface area contributed by atoms with Gasteiger partial charge in [-0.15, -0.1) is 11.8 Å². The maximum absolute atomic E-state index is 12.3. The fraction of sp³-hybridized carbons (Fsp3) is 0.316. The Labute approximate surface area is 169 Å². The summed E-state index contributed by atoms with van der Waals surface area (Å²) in [4.78, 5) is 13.4. The second kappa shape index (κ2) is 8.85. The predicted molar refractivity (Wildman–Crippen MR) is 110 cm³/mol. The quantitative estimate of drug-likeness (QED) is 0.426. The summed E-state index contributed by atoms with van der Waals surface area (Å²) in [7, 11) is -1.87. The summed E-state index contributed by atoms with van der Waals surface area (Å²) in [5, 5.41) is -0.316. The molecule has 0 spiro atoms. The molecule has 0 radical (unpaired) electrons. The van der Waals surface area contributed by atoms with Crippen LogP contribution in [0.15, 0.2) is 58.3 Å². The third kappa shape index (κ3) is 5.63. The van der Waals surface area contributed by atoms with Crippen molar-refractivity contribution in [2.45, 2.75) is 40.8 Å². The Balaban J connectivity index is 1.50. The highest BCUT2D eigenvalue weighted by molar-refractivity contribution is 8.00. The lowest BCUT2D eigenvalue weighted by Gasteiger charge is -2.14. The van der Waals surface area contributed by atoms with Crippen LogP contribution in [-0.2, 0) is 14.8 Å². The first-order valence-corrected chi connectivity index (χ1v) is 11.2. The van der Waals surface area contributed by atoms with Gasteiger partial charge in [0.2, 0.25) is 10.0 Å². The number of benzene rings is 2. The molecule has 3 rings (SSSR count). The molecule has 0 aliphatic heterocycles. The number of sulfonamides is 1. The number of hydrazine groups is 1. The predicted octanol–water partition coefficient (Wildman–Crippen LogP) is 2.76. The average Bonchev–Trinajstić information content (AvgIpc) is 3.50. The molecule has 1 saturated carbocycles. The van der Waals surface area contributed by atoms with Crippen molar-refractivity contribution in [3.05, 3.63) is 48.5 Å². The molecule has 1 atom stereocenters. The van der Waals surface area contributed by atoms with Crippen molar-refractivity contribution in [1.82, 2.24) is 10.1 Å². The van der Waals surface area contributed by atoms with Gasteiger partial charge in [0.05, 0.1) is 22.9 Å². The van der Waals surface area contributed by atoms with Gasteiger partial charge in [0.25, 0.3) is 5.91 Å². The Kier molecular flexibility index (Phi) is 6.48. The van der Waals surface area contributed by atoms with Crippen LogP contribution in [0.5, 0.6) is 5.75 Å². The zero-order valence-corrected chi connectivity index (χ0v) is 17.3. The summed E-state index contributed by atoms with van der Waals surface area (Å²) < 4.78 is 32.1. The van der Waals surface area contributed by atoms with Gasteiger partial charge in [-0.1, -0.05) is 0 Å². The number of amides is 1. The van der Waals surface area contributed by atoms with E-state index in [4.69, 9.17) is 4.74 Å². The van der Waals surface area contributed by atoms with E-state index in [0.29, 0.717) is 5.69 Å². The molecule has 150 valence electrons. The van der Waals surface area contributed by atoms with Gasteiger partial charge in [0.15, 0.2) is 0 Å². The zero-order chi connectivity index (χ0) is 20.1. The first-order chi connectivity index (χ1) is 13.4. The number of carbonyl (C=O) groups is 1. The third-order valence-corrected chi connectivity index (χ3v) is 6.78. The van der Waals surface area contributed by atoms with Gasteiger partial charge in [0.1, 0.15) is 5.75 Å². The molecule has 0 saturated heterocycles. The summed E-state index contributed by atoms with van der Waals surface area (Å²) in [5.74, 6) is 0.578. The number of hydrogen-bond acceptors (Lipinski definition) is 6. The van der Waals surface area contributed by atoms with Crippen LogP contribution in [-0.4, -0.2) is 32.7 Å². The fourth-order valence-electron chi connectivity index (χ4n) is 2.35. The van der Waals surface area contributed by atoms with Crippen LogP contribution < -0.4 is 20.3 Å². The number of anilines is 1. The van der Waals surface area contributed by atoms with Crippen molar-refractivity contribution >= 4 is 33.4 Å². The number of carbonyl (C=O) groups excluding carboxylic acids is 1. The second-order valence-corrected chi connectivity index (χ2v) is 9.60. The van der Waals surface area contributed by atoms with Gasteiger partial charge >= 0.3 is 0 Å². The van der Waals surface area contributed by atoms with E-state index >= 15 is 0 Å². The Morgan fingerprint density at radius 3 is 2.32 bits per heavy atom. The average molecular weight is 422 g/mol. The lowest BCUT2D eigenvalue weighted by molar-refractivity contribution is -0.119. The Hall–Kier alpha value is -2.23. The number of hydrogen-bond donors (Lipinski definition) is 3. The van der Waals surface area contributed by atoms with E-state index in [1.165, 1.54) is 23.9 Å². The molecule has 2 aromatic carbocycles. The second-order valence-electron chi connectivity index (χ2n) is 6.47. The van der Waals surface area contributed by atoms with Crippen molar-refractivity contribution in [3.63, 3.8) is 0 Å². The molecular formula is C19H23N3O4S2. The standard InChI is InChI=1S/C19H23N3O4S2/c1-13(27-17-9-7-16(26-2)8-10-17)19(23)21-20-14-5-11-18(12-6-14)28(24,25)22-15-3-4-15/h5-13,15,20,22H,3-4H2,1-2H3,(H,21,23).